The summed E-state index contributed by atoms with van der Waals surface area (Å²) in [5.41, 5.74) is 4.19. The molecule has 1 aliphatic heterocycles. The summed E-state index contributed by atoms with van der Waals surface area (Å²) < 4.78 is 5.44. The Hall–Kier alpha value is -2.48. The van der Waals surface area contributed by atoms with Gasteiger partial charge in [-0.25, -0.2) is 0 Å². The van der Waals surface area contributed by atoms with Crippen molar-refractivity contribution in [1.82, 2.24) is 25.2 Å². The Labute approximate surface area is 168 Å². The highest BCUT2D eigenvalue weighted by atomic mass is 32.1. The minimum Gasteiger partial charge on any atom is -0.342 e. The lowest BCUT2D eigenvalue weighted by Crippen LogP contribution is -2.40. The standard InChI is InChI=1S/C20H25N5O2S/c1-13-17(14(2)23-22-13)5-6-19(26)25-8-3-4-15(11-25)10-18-21-20(24-27-18)16-7-9-28-12-16/h7,9,12,15H,3-6,8,10-11H2,1-2H3,(H,22,23). The average molecular weight is 400 g/mol. The van der Waals surface area contributed by atoms with E-state index >= 15 is 0 Å². The van der Waals surface area contributed by atoms with Crippen LogP contribution in [0, 0.1) is 19.8 Å². The zero-order valence-electron chi connectivity index (χ0n) is 16.3. The number of nitrogens with one attached hydrogen (secondary N) is 1. The molecule has 0 aromatic carbocycles. The number of nitrogens with zero attached hydrogens (tertiary/aromatic N) is 4. The number of hydrogen-bond donors (Lipinski definition) is 1. The fourth-order valence-corrected chi connectivity index (χ4v) is 4.52. The summed E-state index contributed by atoms with van der Waals surface area (Å²) in [7, 11) is 0. The third-order valence-corrected chi connectivity index (χ3v) is 6.14. The van der Waals surface area contributed by atoms with Gasteiger partial charge in [0.25, 0.3) is 0 Å². The van der Waals surface area contributed by atoms with Crippen LogP contribution in [0.2, 0.25) is 0 Å². The van der Waals surface area contributed by atoms with E-state index in [4.69, 9.17) is 4.52 Å². The van der Waals surface area contributed by atoms with E-state index in [2.05, 4.69) is 20.3 Å². The first-order valence-electron chi connectivity index (χ1n) is 9.73. The molecule has 1 unspecified atom stereocenters. The summed E-state index contributed by atoms with van der Waals surface area (Å²) in [5, 5.41) is 15.3. The molecule has 4 rings (SSSR count). The van der Waals surface area contributed by atoms with Crippen molar-refractivity contribution in [3.8, 4) is 11.4 Å². The van der Waals surface area contributed by atoms with Gasteiger partial charge < -0.3 is 9.42 Å². The maximum absolute atomic E-state index is 12.7. The number of H-pyrrole nitrogens is 1. The quantitative estimate of drug-likeness (QED) is 0.685. The van der Waals surface area contributed by atoms with Crippen LogP contribution in [-0.4, -0.2) is 44.2 Å². The number of aromatic amines is 1. The minimum absolute atomic E-state index is 0.217. The lowest BCUT2D eigenvalue weighted by atomic mass is 9.94. The van der Waals surface area contributed by atoms with Crippen molar-refractivity contribution in [3.63, 3.8) is 0 Å². The van der Waals surface area contributed by atoms with Gasteiger partial charge >= 0.3 is 0 Å². The van der Waals surface area contributed by atoms with Crippen molar-refractivity contribution >= 4 is 17.2 Å². The highest BCUT2D eigenvalue weighted by molar-refractivity contribution is 7.08. The van der Waals surface area contributed by atoms with Gasteiger partial charge in [-0.1, -0.05) is 5.16 Å². The molecule has 1 saturated heterocycles. The van der Waals surface area contributed by atoms with E-state index in [-0.39, 0.29) is 5.91 Å². The van der Waals surface area contributed by atoms with Gasteiger partial charge in [-0.3, -0.25) is 9.89 Å². The monoisotopic (exact) mass is 399 g/mol. The largest absolute Gasteiger partial charge is 0.342 e. The number of carbonyl (C=O) groups excluding carboxylic acids is 1. The van der Waals surface area contributed by atoms with Crippen molar-refractivity contribution in [1.29, 1.82) is 0 Å². The molecule has 0 saturated carbocycles. The van der Waals surface area contributed by atoms with Crippen molar-refractivity contribution < 1.29 is 9.32 Å². The van der Waals surface area contributed by atoms with Crippen molar-refractivity contribution in [2.75, 3.05) is 13.1 Å². The van der Waals surface area contributed by atoms with Gasteiger partial charge in [0.2, 0.25) is 17.6 Å². The molecule has 3 aromatic rings. The van der Waals surface area contributed by atoms with Gasteiger partial charge in [-0.2, -0.15) is 21.4 Å². The van der Waals surface area contributed by atoms with Crippen LogP contribution in [0.3, 0.4) is 0 Å². The molecule has 8 heteroatoms. The number of amides is 1. The molecule has 1 fully saturated rings. The van der Waals surface area contributed by atoms with E-state index in [1.807, 2.05) is 35.6 Å². The minimum atomic E-state index is 0.217. The molecule has 0 spiro atoms. The molecule has 0 bridgehead atoms. The van der Waals surface area contributed by atoms with E-state index in [1.54, 1.807) is 11.3 Å². The van der Waals surface area contributed by atoms with E-state index < -0.39 is 0 Å². The summed E-state index contributed by atoms with van der Waals surface area (Å²) in [6, 6.07) is 1.99. The Balaban J connectivity index is 1.32. The fraction of sp³-hybridized carbons (Fsp3) is 0.500. The Morgan fingerprint density at radius 1 is 1.43 bits per heavy atom. The predicted octanol–water partition coefficient (Wildman–Crippen LogP) is 3.55. The Morgan fingerprint density at radius 2 is 2.32 bits per heavy atom. The van der Waals surface area contributed by atoms with Gasteiger partial charge in [0.15, 0.2) is 0 Å². The molecule has 1 atom stereocenters. The van der Waals surface area contributed by atoms with E-state index in [0.29, 0.717) is 24.1 Å². The van der Waals surface area contributed by atoms with Gasteiger partial charge in [0.1, 0.15) is 0 Å². The molecule has 4 heterocycles. The van der Waals surface area contributed by atoms with Crippen LogP contribution in [0.5, 0.6) is 0 Å². The fourth-order valence-electron chi connectivity index (χ4n) is 3.88. The Bertz CT molecular complexity index is 911. The van der Waals surface area contributed by atoms with Crippen molar-refractivity contribution in [2.45, 2.75) is 46.0 Å². The lowest BCUT2D eigenvalue weighted by Gasteiger charge is -2.32. The lowest BCUT2D eigenvalue weighted by molar-refractivity contribution is -0.133. The molecule has 7 nitrogen and oxygen atoms in total. The first-order chi connectivity index (χ1) is 13.6. The Morgan fingerprint density at radius 3 is 3.07 bits per heavy atom. The third kappa shape index (κ3) is 4.16. The van der Waals surface area contributed by atoms with Crippen LogP contribution in [-0.2, 0) is 17.6 Å². The molecular weight excluding hydrogens is 374 g/mol. The summed E-state index contributed by atoms with van der Waals surface area (Å²) in [5.74, 6) is 1.89. The highest BCUT2D eigenvalue weighted by Gasteiger charge is 2.25. The van der Waals surface area contributed by atoms with Crippen LogP contribution in [0.4, 0.5) is 0 Å². The van der Waals surface area contributed by atoms with E-state index in [0.717, 1.165) is 61.3 Å². The number of aromatic nitrogens is 4. The average Bonchev–Trinajstić information content (AvgIpc) is 3.43. The van der Waals surface area contributed by atoms with Crippen LogP contribution in [0.1, 0.15) is 42.1 Å². The molecule has 1 aliphatic rings. The number of rotatable bonds is 6. The second-order valence-corrected chi connectivity index (χ2v) is 8.27. The molecule has 148 valence electrons. The van der Waals surface area contributed by atoms with Crippen LogP contribution in [0.15, 0.2) is 21.3 Å². The van der Waals surface area contributed by atoms with E-state index in [1.165, 1.54) is 0 Å². The Kier molecular flexibility index (Phi) is 5.57. The second kappa shape index (κ2) is 8.26. The zero-order valence-corrected chi connectivity index (χ0v) is 17.1. The number of hydrogen-bond acceptors (Lipinski definition) is 6. The van der Waals surface area contributed by atoms with Gasteiger partial charge in [0.05, 0.1) is 5.69 Å². The van der Waals surface area contributed by atoms with E-state index in [9.17, 15) is 4.79 Å². The SMILES string of the molecule is Cc1n[nH]c(C)c1CCC(=O)N1CCCC(Cc2nc(-c3ccsc3)no2)C1. The first kappa shape index (κ1) is 18.9. The number of carbonyl (C=O) groups is 1. The molecule has 28 heavy (non-hydrogen) atoms. The first-order valence-corrected chi connectivity index (χ1v) is 10.7. The number of aryl methyl sites for hydroxylation is 2. The smallest absolute Gasteiger partial charge is 0.227 e. The maximum atomic E-state index is 12.7. The summed E-state index contributed by atoms with van der Waals surface area (Å²) in [6.07, 6.45) is 4.09. The van der Waals surface area contributed by atoms with Crippen LogP contribution >= 0.6 is 11.3 Å². The van der Waals surface area contributed by atoms with Gasteiger partial charge in [-0.15, -0.1) is 0 Å². The predicted molar refractivity (Wildman–Crippen MR) is 107 cm³/mol. The molecule has 0 aliphatic carbocycles. The van der Waals surface area contributed by atoms with Crippen molar-refractivity contribution in [3.05, 3.63) is 39.7 Å². The second-order valence-electron chi connectivity index (χ2n) is 7.49. The number of thiophene rings is 1. The molecule has 3 aromatic heterocycles. The number of likely N-dealkylation sites (tertiary alicyclic amines) is 1. The van der Waals surface area contributed by atoms with Crippen LogP contribution < -0.4 is 0 Å². The number of piperidine rings is 1. The molecule has 1 N–H and O–H groups in total. The molecule has 1 amide bonds. The maximum Gasteiger partial charge on any atom is 0.227 e. The third-order valence-electron chi connectivity index (χ3n) is 5.45. The summed E-state index contributed by atoms with van der Waals surface area (Å²) in [6.45, 7) is 5.58. The highest BCUT2D eigenvalue weighted by Crippen LogP contribution is 2.24. The van der Waals surface area contributed by atoms with Crippen LogP contribution in [0.25, 0.3) is 11.4 Å². The summed E-state index contributed by atoms with van der Waals surface area (Å²) in [4.78, 5) is 19.2. The van der Waals surface area contributed by atoms with Gasteiger partial charge in [-0.05, 0) is 56.0 Å². The molecule has 0 radical (unpaired) electrons. The zero-order chi connectivity index (χ0) is 19.5. The molecular formula is C20H25N5O2S. The van der Waals surface area contributed by atoms with Gasteiger partial charge in [0, 0.05) is 42.6 Å². The topological polar surface area (TPSA) is 87.9 Å². The van der Waals surface area contributed by atoms with Crippen molar-refractivity contribution in [2.24, 2.45) is 5.92 Å². The normalized spacial score (nSPS) is 17.2. The summed E-state index contributed by atoms with van der Waals surface area (Å²) >= 11 is 1.62.